The Morgan fingerprint density at radius 1 is 1.18 bits per heavy atom. The highest BCUT2D eigenvalue weighted by Gasteiger charge is 2.27. The van der Waals surface area contributed by atoms with Gasteiger partial charge in [0.05, 0.1) is 5.69 Å². The maximum Gasteiger partial charge on any atom is 0.410 e. The van der Waals surface area contributed by atoms with E-state index in [0.717, 1.165) is 0 Å². The third-order valence-corrected chi connectivity index (χ3v) is 3.27. The molecule has 0 saturated carbocycles. The van der Waals surface area contributed by atoms with Crippen molar-refractivity contribution in [3.05, 3.63) is 17.5 Å². The molecule has 0 radical (unpaired) electrons. The number of amides is 2. The molecule has 122 valence electrons. The Morgan fingerprint density at radius 2 is 1.82 bits per heavy atom. The topological polar surface area (TPSA) is 75.9 Å². The number of aryl methyl sites for hydroxylation is 1. The van der Waals surface area contributed by atoms with E-state index in [2.05, 4.69) is 5.16 Å². The minimum atomic E-state index is -0.518. The fraction of sp³-hybridized carbons (Fsp3) is 0.667. The number of nitrogens with zero attached hydrogens (tertiary/aromatic N) is 3. The van der Waals surface area contributed by atoms with Crippen LogP contribution in [0.15, 0.2) is 10.6 Å². The zero-order valence-corrected chi connectivity index (χ0v) is 13.6. The smallest absolute Gasteiger partial charge is 0.410 e. The molecule has 2 rings (SSSR count). The van der Waals surface area contributed by atoms with Gasteiger partial charge >= 0.3 is 6.09 Å². The van der Waals surface area contributed by atoms with Gasteiger partial charge in [0.2, 0.25) is 5.76 Å². The van der Waals surface area contributed by atoms with E-state index >= 15 is 0 Å². The normalized spacial score (nSPS) is 16.4. The summed E-state index contributed by atoms with van der Waals surface area (Å²) in [6.45, 7) is 9.35. The first-order valence-electron chi connectivity index (χ1n) is 7.47. The van der Waals surface area contributed by atoms with E-state index in [0.29, 0.717) is 38.3 Å². The van der Waals surface area contributed by atoms with Crippen LogP contribution < -0.4 is 0 Å². The number of ether oxygens (including phenoxy) is 1. The van der Waals surface area contributed by atoms with E-state index in [1.54, 1.807) is 22.8 Å². The van der Waals surface area contributed by atoms with Gasteiger partial charge in [0, 0.05) is 32.2 Å². The minimum Gasteiger partial charge on any atom is -0.444 e. The zero-order valence-electron chi connectivity index (χ0n) is 13.6. The molecule has 7 heteroatoms. The molecule has 1 fully saturated rings. The molecule has 0 N–H and O–H groups in total. The lowest BCUT2D eigenvalue weighted by molar-refractivity contribution is 0.0255. The molecule has 0 aliphatic carbocycles. The van der Waals surface area contributed by atoms with Crippen LogP contribution in [0.5, 0.6) is 0 Å². The average molecular weight is 309 g/mol. The first-order chi connectivity index (χ1) is 10.3. The molecule has 1 saturated heterocycles. The van der Waals surface area contributed by atoms with Gasteiger partial charge in [0.15, 0.2) is 0 Å². The molecule has 1 aliphatic rings. The van der Waals surface area contributed by atoms with Crippen LogP contribution in [-0.4, -0.2) is 58.7 Å². The Kier molecular flexibility index (Phi) is 4.73. The molecule has 0 spiro atoms. The summed E-state index contributed by atoms with van der Waals surface area (Å²) in [6, 6.07) is 1.62. The first-order valence-corrected chi connectivity index (χ1v) is 7.47. The van der Waals surface area contributed by atoms with Crippen molar-refractivity contribution in [2.75, 3.05) is 26.2 Å². The van der Waals surface area contributed by atoms with Crippen molar-refractivity contribution in [2.24, 2.45) is 0 Å². The van der Waals surface area contributed by atoms with Crippen LogP contribution in [0, 0.1) is 6.92 Å². The summed E-state index contributed by atoms with van der Waals surface area (Å²) in [5, 5.41) is 3.73. The van der Waals surface area contributed by atoms with Gasteiger partial charge in [-0.3, -0.25) is 4.79 Å². The summed E-state index contributed by atoms with van der Waals surface area (Å²) in [7, 11) is 0. The summed E-state index contributed by atoms with van der Waals surface area (Å²) >= 11 is 0. The second-order valence-electron chi connectivity index (χ2n) is 6.45. The summed E-state index contributed by atoms with van der Waals surface area (Å²) < 4.78 is 10.4. The molecular weight excluding hydrogens is 286 g/mol. The van der Waals surface area contributed by atoms with E-state index in [1.807, 2.05) is 20.8 Å². The number of aromatic nitrogens is 1. The fourth-order valence-corrected chi connectivity index (χ4v) is 2.25. The number of hydrogen-bond acceptors (Lipinski definition) is 5. The van der Waals surface area contributed by atoms with E-state index < -0.39 is 5.60 Å². The molecule has 0 atom stereocenters. The van der Waals surface area contributed by atoms with Crippen molar-refractivity contribution >= 4 is 12.0 Å². The third-order valence-electron chi connectivity index (χ3n) is 3.27. The van der Waals surface area contributed by atoms with Crippen molar-refractivity contribution in [3.63, 3.8) is 0 Å². The van der Waals surface area contributed by atoms with Crippen LogP contribution in [0.25, 0.3) is 0 Å². The monoisotopic (exact) mass is 309 g/mol. The number of hydrogen-bond donors (Lipinski definition) is 0. The minimum absolute atomic E-state index is 0.188. The Morgan fingerprint density at radius 3 is 2.41 bits per heavy atom. The van der Waals surface area contributed by atoms with Gasteiger partial charge in [-0.1, -0.05) is 5.16 Å². The SMILES string of the molecule is Cc1cc(C(=O)N2CCCN(C(=O)OC(C)(C)C)CC2)on1. The molecule has 0 aromatic carbocycles. The highest BCUT2D eigenvalue weighted by molar-refractivity contribution is 5.91. The molecule has 1 aliphatic heterocycles. The molecule has 0 bridgehead atoms. The largest absolute Gasteiger partial charge is 0.444 e. The predicted molar refractivity (Wildman–Crippen MR) is 79.6 cm³/mol. The lowest BCUT2D eigenvalue weighted by Crippen LogP contribution is -2.40. The van der Waals surface area contributed by atoms with E-state index in [1.165, 1.54) is 0 Å². The first kappa shape index (κ1) is 16.3. The maximum absolute atomic E-state index is 12.3. The maximum atomic E-state index is 12.3. The molecule has 2 heterocycles. The van der Waals surface area contributed by atoms with Gasteiger partial charge in [0.25, 0.3) is 5.91 Å². The van der Waals surface area contributed by atoms with Crippen LogP contribution in [-0.2, 0) is 4.74 Å². The zero-order chi connectivity index (χ0) is 16.3. The highest BCUT2D eigenvalue weighted by Crippen LogP contribution is 2.14. The fourth-order valence-electron chi connectivity index (χ4n) is 2.25. The summed E-state index contributed by atoms with van der Waals surface area (Å²) in [4.78, 5) is 27.7. The summed E-state index contributed by atoms with van der Waals surface area (Å²) in [6.07, 6.45) is 0.371. The van der Waals surface area contributed by atoms with Crippen molar-refractivity contribution in [1.82, 2.24) is 15.0 Å². The Hall–Kier alpha value is -2.05. The lowest BCUT2D eigenvalue weighted by Gasteiger charge is -2.26. The van der Waals surface area contributed by atoms with Gasteiger partial charge in [-0.15, -0.1) is 0 Å². The predicted octanol–water partition coefficient (Wildman–Crippen LogP) is 2.07. The Labute approximate surface area is 130 Å². The van der Waals surface area contributed by atoms with E-state index in [-0.39, 0.29) is 17.8 Å². The molecule has 1 aromatic rings. The van der Waals surface area contributed by atoms with Gasteiger partial charge < -0.3 is 19.1 Å². The number of carbonyl (C=O) groups is 2. The number of carbonyl (C=O) groups excluding carboxylic acids is 2. The molecule has 2 amide bonds. The summed E-state index contributed by atoms with van der Waals surface area (Å²) in [5.41, 5.74) is 0.157. The van der Waals surface area contributed by atoms with Crippen LogP contribution >= 0.6 is 0 Å². The molecule has 7 nitrogen and oxygen atoms in total. The molecule has 1 aromatic heterocycles. The van der Waals surface area contributed by atoms with E-state index in [4.69, 9.17) is 9.26 Å². The van der Waals surface area contributed by atoms with Crippen LogP contribution in [0.4, 0.5) is 4.79 Å². The Balaban J connectivity index is 1.95. The van der Waals surface area contributed by atoms with Crippen molar-refractivity contribution < 1.29 is 18.8 Å². The lowest BCUT2D eigenvalue weighted by atomic mass is 10.2. The standard InChI is InChI=1S/C15H23N3O4/c1-11-10-12(22-16-11)13(19)17-6-5-7-18(9-8-17)14(20)21-15(2,3)4/h10H,5-9H2,1-4H3. The van der Waals surface area contributed by atoms with E-state index in [9.17, 15) is 9.59 Å². The van der Waals surface area contributed by atoms with Crippen LogP contribution in [0.2, 0.25) is 0 Å². The van der Waals surface area contributed by atoms with Gasteiger partial charge in [-0.05, 0) is 34.1 Å². The van der Waals surface area contributed by atoms with Crippen molar-refractivity contribution in [2.45, 2.75) is 39.7 Å². The van der Waals surface area contributed by atoms with Crippen molar-refractivity contribution in [3.8, 4) is 0 Å². The van der Waals surface area contributed by atoms with Gasteiger partial charge in [-0.25, -0.2) is 4.79 Å². The van der Waals surface area contributed by atoms with Gasteiger partial charge in [0.1, 0.15) is 5.60 Å². The Bertz CT molecular complexity index is 547. The van der Waals surface area contributed by atoms with Gasteiger partial charge in [-0.2, -0.15) is 0 Å². The quantitative estimate of drug-likeness (QED) is 0.793. The highest BCUT2D eigenvalue weighted by atomic mass is 16.6. The number of rotatable bonds is 1. The van der Waals surface area contributed by atoms with Crippen LogP contribution in [0.3, 0.4) is 0 Å². The molecule has 0 unspecified atom stereocenters. The van der Waals surface area contributed by atoms with Crippen LogP contribution in [0.1, 0.15) is 43.4 Å². The summed E-state index contributed by atoms with van der Waals surface area (Å²) in [5.74, 6) is 0.0508. The average Bonchev–Trinajstić information content (AvgIpc) is 2.70. The second-order valence-corrected chi connectivity index (χ2v) is 6.45. The second kappa shape index (κ2) is 6.37. The molecule has 22 heavy (non-hydrogen) atoms. The third kappa shape index (κ3) is 4.22. The molecular formula is C15H23N3O4. The van der Waals surface area contributed by atoms with Crippen molar-refractivity contribution in [1.29, 1.82) is 0 Å².